The van der Waals surface area contributed by atoms with Gasteiger partial charge in [-0.05, 0) is 18.1 Å². The summed E-state index contributed by atoms with van der Waals surface area (Å²) in [7, 11) is 0. The molecule has 0 radical (unpaired) electrons. The highest BCUT2D eigenvalue weighted by Gasteiger charge is 2.04. The van der Waals surface area contributed by atoms with E-state index in [-0.39, 0.29) is 0 Å². The van der Waals surface area contributed by atoms with Gasteiger partial charge in [-0.3, -0.25) is 4.98 Å². The van der Waals surface area contributed by atoms with E-state index in [1.54, 1.807) is 17.5 Å². The SMILES string of the molecule is CC(C)c1cnc(CNc2cccnc2)s1. The standard InChI is InChI=1S/C12H15N3S/c1-9(2)11-7-15-12(16-11)8-14-10-4-3-5-13-6-10/h3-7,9,14H,8H2,1-2H3. The summed E-state index contributed by atoms with van der Waals surface area (Å²) in [5.41, 5.74) is 1.03. The largest absolute Gasteiger partial charge is 0.377 e. The van der Waals surface area contributed by atoms with E-state index in [1.807, 2.05) is 24.5 Å². The quantitative estimate of drug-likeness (QED) is 0.880. The third kappa shape index (κ3) is 2.79. The first-order valence-corrected chi connectivity index (χ1v) is 6.16. The molecule has 1 N–H and O–H groups in total. The number of pyridine rings is 1. The Morgan fingerprint density at radius 3 is 2.88 bits per heavy atom. The van der Waals surface area contributed by atoms with E-state index in [9.17, 15) is 0 Å². The Hall–Kier alpha value is -1.42. The van der Waals surface area contributed by atoms with Gasteiger partial charge in [0.1, 0.15) is 5.01 Å². The first-order valence-electron chi connectivity index (χ1n) is 5.34. The normalized spacial score (nSPS) is 10.7. The van der Waals surface area contributed by atoms with Crippen molar-refractivity contribution >= 4 is 17.0 Å². The van der Waals surface area contributed by atoms with Gasteiger partial charge in [-0.15, -0.1) is 11.3 Å². The Kier molecular flexibility index (Phi) is 3.51. The molecule has 2 rings (SSSR count). The van der Waals surface area contributed by atoms with Crippen molar-refractivity contribution in [2.45, 2.75) is 26.3 Å². The summed E-state index contributed by atoms with van der Waals surface area (Å²) in [6, 6.07) is 3.92. The molecule has 2 heterocycles. The van der Waals surface area contributed by atoms with Crippen LogP contribution in [0.1, 0.15) is 29.7 Å². The van der Waals surface area contributed by atoms with Crippen LogP contribution in [0.4, 0.5) is 5.69 Å². The highest BCUT2D eigenvalue weighted by Crippen LogP contribution is 2.22. The van der Waals surface area contributed by atoms with E-state index in [2.05, 4.69) is 29.1 Å². The number of thiazole rings is 1. The second-order valence-electron chi connectivity index (χ2n) is 3.91. The van der Waals surface area contributed by atoms with Crippen molar-refractivity contribution in [1.82, 2.24) is 9.97 Å². The molecule has 0 spiro atoms. The molecule has 2 aromatic rings. The first-order chi connectivity index (χ1) is 7.75. The van der Waals surface area contributed by atoms with E-state index < -0.39 is 0 Å². The van der Waals surface area contributed by atoms with Crippen LogP contribution < -0.4 is 5.32 Å². The molecule has 16 heavy (non-hydrogen) atoms. The van der Waals surface area contributed by atoms with E-state index in [1.165, 1.54) is 4.88 Å². The molecule has 0 aromatic carbocycles. The topological polar surface area (TPSA) is 37.8 Å². The molecule has 0 bridgehead atoms. The summed E-state index contributed by atoms with van der Waals surface area (Å²) in [6.45, 7) is 5.14. The van der Waals surface area contributed by atoms with Gasteiger partial charge in [0.2, 0.25) is 0 Å². The van der Waals surface area contributed by atoms with Crippen LogP contribution in [0.2, 0.25) is 0 Å². The van der Waals surface area contributed by atoms with Crippen molar-refractivity contribution < 1.29 is 0 Å². The second kappa shape index (κ2) is 5.07. The Balaban J connectivity index is 1.95. The second-order valence-corrected chi connectivity index (χ2v) is 5.05. The van der Waals surface area contributed by atoms with Gasteiger partial charge in [0, 0.05) is 23.5 Å². The fourth-order valence-electron chi connectivity index (χ4n) is 1.32. The van der Waals surface area contributed by atoms with E-state index in [0.717, 1.165) is 17.2 Å². The lowest BCUT2D eigenvalue weighted by Gasteiger charge is -2.02. The minimum atomic E-state index is 0.560. The monoisotopic (exact) mass is 233 g/mol. The number of aromatic nitrogens is 2. The average Bonchev–Trinajstić information content (AvgIpc) is 2.76. The maximum Gasteiger partial charge on any atom is 0.112 e. The summed E-state index contributed by atoms with van der Waals surface area (Å²) >= 11 is 1.77. The summed E-state index contributed by atoms with van der Waals surface area (Å²) in [4.78, 5) is 9.78. The lowest BCUT2D eigenvalue weighted by molar-refractivity contribution is 0.885. The molecule has 4 heteroatoms. The highest BCUT2D eigenvalue weighted by molar-refractivity contribution is 7.11. The minimum absolute atomic E-state index is 0.560. The number of anilines is 1. The molecular weight excluding hydrogens is 218 g/mol. The van der Waals surface area contributed by atoms with Crippen molar-refractivity contribution in [2.24, 2.45) is 0 Å². The predicted molar refractivity (Wildman–Crippen MR) is 67.8 cm³/mol. The van der Waals surface area contributed by atoms with E-state index in [4.69, 9.17) is 0 Å². The van der Waals surface area contributed by atoms with Crippen molar-refractivity contribution in [2.75, 3.05) is 5.32 Å². The van der Waals surface area contributed by atoms with Crippen LogP contribution in [-0.4, -0.2) is 9.97 Å². The highest BCUT2D eigenvalue weighted by atomic mass is 32.1. The minimum Gasteiger partial charge on any atom is -0.377 e. The van der Waals surface area contributed by atoms with Gasteiger partial charge >= 0.3 is 0 Å². The average molecular weight is 233 g/mol. The lowest BCUT2D eigenvalue weighted by Crippen LogP contribution is -1.98. The Morgan fingerprint density at radius 2 is 2.25 bits per heavy atom. The molecule has 0 aliphatic heterocycles. The third-order valence-corrected chi connectivity index (χ3v) is 3.54. The molecule has 0 saturated carbocycles. The summed E-state index contributed by atoms with van der Waals surface area (Å²) in [5, 5.41) is 4.42. The molecule has 0 atom stereocenters. The fourth-order valence-corrected chi connectivity index (χ4v) is 2.18. The number of hydrogen-bond donors (Lipinski definition) is 1. The maximum absolute atomic E-state index is 4.39. The zero-order valence-electron chi connectivity index (χ0n) is 9.47. The van der Waals surface area contributed by atoms with Crippen LogP contribution in [0, 0.1) is 0 Å². The molecule has 0 unspecified atom stereocenters. The molecule has 84 valence electrons. The van der Waals surface area contributed by atoms with Gasteiger partial charge < -0.3 is 5.32 Å². The summed E-state index contributed by atoms with van der Waals surface area (Å²) in [5.74, 6) is 0.560. The van der Waals surface area contributed by atoms with E-state index in [0.29, 0.717) is 5.92 Å². The van der Waals surface area contributed by atoms with Crippen LogP contribution in [0.3, 0.4) is 0 Å². The van der Waals surface area contributed by atoms with Crippen molar-refractivity contribution in [3.8, 4) is 0 Å². The summed E-state index contributed by atoms with van der Waals surface area (Å²) < 4.78 is 0. The lowest BCUT2D eigenvalue weighted by atomic mass is 10.2. The zero-order valence-corrected chi connectivity index (χ0v) is 10.3. The van der Waals surface area contributed by atoms with Gasteiger partial charge in [0.25, 0.3) is 0 Å². The van der Waals surface area contributed by atoms with Crippen LogP contribution in [0.25, 0.3) is 0 Å². The van der Waals surface area contributed by atoms with Crippen LogP contribution >= 0.6 is 11.3 Å². The van der Waals surface area contributed by atoms with Crippen molar-refractivity contribution in [1.29, 1.82) is 0 Å². The molecular formula is C12H15N3S. The van der Waals surface area contributed by atoms with Crippen LogP contribution in [0.15, 0.2) is 30.7 Å². The van der Waals surface area contributed by atoms with Gasteiger partial charge in [-0.25, -0.2) is 4.98 Å². The molecule has 0 aliphatic carbocycles. The zero-order chi connectivity index (χ0) is 11.4. The number of hydrogen-bond acceptors (Lipinski definition) is 4. The van der Waals surface area contributed by atoms with Crippen LogP contribution in [-0.2, 0) is 6.54 Å². The van der Waals surface area contributed by atoms with Gasteiger partial charge in [0.05, 0.1) is 12.2 Å². The molecule has 0 saturated heterocycles. The smallest absolute Gasteiger partial charge is 0.112 e. The Labute approximate surface area is 99.6 Å². The molecule has 0 aliphatic rings. The Bertz CT molecular complexity index is 437. The number of rotatable bonds is 4. The van der Waals surface area contributed by atoms with Crippen molar-refractivity contribution in [3.05, 3.63) is 40.6 Å². The Morgan fingerprint density at radius 1 is 1.38 bits per heavy atom. The number of nitrogens with zero attached hydrogens (tertiary/aromatic N) is 2. The first kappa shape index (κ1) is 11.1. The van der Waals surface area contributed by atoms with Gasteiger partial charge in [0.15, 0.2) is 0 Å². The molecule has 3 nitrogen and oxygen atoms in total. The van der Waals surface area contributed by atoms with Crippen molar-refractivity contribution in [3.63, 3.8) is 0 Å². The molecule has 0 fully saturated rings. The van der Waals surface area contributed by atoms with Crippen LogP contribution in [0.5, 0.6) is 0 Å². The maximum atomic E-state index is 4.39. The third-order valence-electron chi connectivity index (χ3n) is 2.25. The predicted octanol–water partition coefficient (Wildman–Crippen LogP) is 3.27. The number of nitrogens with one attached hydrogen (secondary N) is 1. The fraction of sp³-hybridized carbons (Fsp3) is 0.333. The van der Waals surface area contributed by atoms with E-state index >= 15 is 0 Å². The molecule has 2 aromatic heterocycles. The molecule has 0 amide bonds. The van der Waals surface area contributed by atoms with Gasteiger partial charge in [-0.2, -0.15) is 0 Å². The summed E-state index contributed by atoms with van der Waals surface area (Å²) in [6.07, 6.45) is 5.55. The van der Waals surface area contributed by atoms with Gasteiger partial charge in [-0.1, -0.05) is 13.8 Å².